The first-order valence-electron chi connectivity index (χ1n) is 6.23. The van der Waals surface area contributed by atoms with E-state index in [-0.39, 0.29) is 12.5 Å². The van der Waals surface area contributed by atoms with Crippen molar-refractivity contribution in [1.29, 1.82) is 0 Å². The normalized spacial score (nSPS) is 10.0. The fourth-order valence-electron chi connectivity index (χ4n) is 1.55. The van der Waals surface area contributed by atoms with Crippen LogP contribution in [0.5, 0.6) is 5.75 Å². The molecule has 0 radical (unpaired) electrons. The molecule has 2 amide bonds. The van der Waals surface area contributed by atoms with Gasteiger partial charge < -0.3 is 20.5 Å². The van der Waals surface area contributed by atoms with Crippen LogP contribution in [0.2, 0.25) is 0 Å². The number of amides is 2. The van der Waals surface area contributed by atoms with Crippen LogP contribution in [0.3, 0.4) is 0 Å². The minimum atomic E-state index is -0.828. The number of hydrogen-bond donors (Lipinski definition) is 3. The van der Waals surface area contributed by atoms with Crippen molar-refractivity contribution in [1.82, 2.24) is 5.32 Å². The van der Waals surface area contributed by atoms with E-state index < -0.39 is 5.97 Å². The van der Waals surface area contributed by atoms with Gasteiger partial charge in [0.15, 0.2) is 0 Å². The Hall–Kier alpha value is -1.28. The lowest BCUT2D eigenvalue weighted by atomic mass is 10.2. The zero-order chi connectivity index (χ0) is 15.8. The Kier molecular flexibility index (Phi) is 7.52. The molecule has 0 spiro atoms. The minimum absolute atomic E-state index is 0.110. The predicted molar refractivity (Wildman–Crippen MR) is 86.9 cm³/mol. The minimum Gasteiger partial charge on any atom is -0.495 e. The van der Waals surface area contributed by atoms with Crippen molar-refractivity contribution in [3.63, 3.8) is 0 Å². The highest BCUT2D eigenvalue weighted by Gasteiger charge is 2.09. The molecule has 0 saturated carbocycles. The second kappa shape index (κ2) is 8.89. The SMILES string of the molecule is COc1cc(NC(=O)NCCCCC(=O)O)c(Br)cc1Br. The lowest BCUT2D eigenvalue weighted by Gasteiger charge is -2.11. The third-order valence-electron chi connectivity index (χ3n) is 2.59. The summed E-state index contributed by atoms with van der Waals surface area (Å²) in [6, 6.07) is 3.12. The zero-order valence-electron chi connectivity index (χ0n) is 11.4. The van der Waals surface area contributed by atoms with Crippen molar-refractivity contribution in [3.8, 4) is 5.75 Å². The van der Waals surface area contributed by atoms with Gasteiger partial charge >= 0.3 is 12.0 Å². The van der Waals surface area contributed by atoms with Crippen LogP contribution in [0.1, 0.15) is 19.3 Å². The van der Waals surface area contributed by atoms with E-state index in [1.165, 1.54) is 0 Å². The molecular weight excluding hydrogens is 408 g/mol. The smallest absolute Gasteiger partial charge is 0.319 e. The topological polar surface area (TPSA) is 87.7 Å². The number of halogens is 2. The van der Waals surface area contributed by atoms with Crippen LogP contribution < -0.4 is 15.4 Å². The standard InChI is InChI=1S/C13H16Br2N2O4/c1-21-11-7-10(8(14)6-9(11)15)17-13(20)16-5-3-2-4-12(18)19/h6-7H,2-5H2,1H3,(H,18,19)(H2,16,17,20). The predicted octanol–water partition coefficient (Wildman–Crippen LogP) is 3.60. The molecule has 0 aliphatic heterocycles. The van der Waals surface area contributed by atoms with E-state index in [1.54, 1.807) is 19.2 Å². The second-order valence-electron chi connectivity index (χ2n) is 4.20. The number of anilines is 1. The van der Waals surface area contributed by atoms with Crippen molar-refractivity contribution in [2.24, 2.45) is 0 Å². The molecule has 0 aliphatic rings. The summed E-state index contributed by atoms with van der Waals surface area (Å²) in [7, 11) is 1.54. The fourth-order valence-corrected chi connectivity index (χ4v) is 2.81. The number of carboxylic acid groups (broad SMARTS) is 1. The molecular formula is C13H16Br2N2O4. The third kappa shape index (κ3) is 6.34. The van der Waals surface area contributed by atoms with Gasteiger partial charge in [-0.05, 0) is 50.8 Å². The Morgan fingerprint density at radius 1 is 1.24 bits per heavy atom. The van der Waals surface area contributed by atoms with Crippen molar-refractivity contribution in [2.45, 2.75) is 19.3 Å². The highest BCUT2D eigenvalue weighted by Crippen LogP contribution is 2.34. The van der Waals surface area contributed by atoms with E-state index in [2.05, 4.69) is 42.5 Å². The number of carbonyl (C=O) groups is 2. The fraction of sp³-hybridized carbons (Fsp3) is 0.385. The highest BCUT2D eigenvalue weighted by molar-refractivity contribution is 9.11. The first-order chi connectivity index (χ1) is 9.93. The number of rotatable bonds is 7. The van der Waals surface area contributed by atoms with Crippen molar-refractivity contribution >= 4 is 49.5 Å². The van der Waals surface area contributed by atoms with Crippen molar-refractivity contribution < 1.29 is 19.4 Å². The molecule has 6 nitrogen and oxygen atoms in total. The van der Waals surface area contributed by atoms with E-state index in [4.69, 9.17) is 9.84 Å². The molecule has 0 heterocycles. The average Bonchev–Trinajstić information content (AvgIpc) is 2.41. The Labute approximate surface area is 139 Å². The lowest BCUT2D eigenvalue weighted by molar-refractivity contribution is -0.137. The number of unbranched alkanes of at least 4 members (excludes halogenated alkanes) is 1. The Bertz CT molecular complexity index is 523. The summed E-state index contributed by atoms with van der Waals surface area (Å²) in [5.41, 5.74) is 0.582. The first-order valence-corrected chi connectivity index (χ1v) is 7.82. The molecule has 8 heteroatoms. The van der Waals surface area contributed by atoms with Gasteiger partial charge in [-0.2, -0.15) is 0 Å². The molecule has 1 rings (SSSR count). The zero-order valence-corrected chi connectivity index (χ0v) is 14.6. The highest BCUT2D eigenvalue weighted by atomic mass is 79.9. The summed E-state index contributed by atoms with van der Waals surface area (Å²) < 4.78 is 6.66. The number of nitrogens with one attached hydrogen (secondary N) is 2. The molecule has 0 unspecified atom stereocenters. The summed E-state index contributed by atoms with van der Waals surface area (Å²) in [6.07, 6.45) is 1.26. The Morgan fingerprint density at radius 2 is 1.95 bits per heavy atom. The van der Waals surface area contributed by atoms with Gasteiger partial charge in [-0.3, -0.25) is 4.79 Å². The van der Waals surface area contributed by atoms with E-state index in [9.17, 15) is 9.59 Å². The molecule has 0 atom stereocenters. The number of urea groups is 1. The molecule has 3 N–H and O–H groups in total. The molecule has 0 aliphatic carbocycles. The van der Waals surface area contributed by atoms with Crippen LogP contribution >= 0.6 is 31.9 Å². The first kappa shape index (κ1) is 17.8. The van der Waals surface area contributed by atoms with Crippen LogP contribution in [0, 0.1) is 0 Å². The summed E-state index contributed by atoms with van der Waals surface area (Å²) >= 11 is 6.70. The van der Waals surface area contributed by atoms with Gasteiger partial charge in [-0.25, -0.2) is 4.79 Å². The Morgan fingerprint density at radius 3 is 2.57 bits per heavy atom. The lowest BCUT2D eigenvalue weighted by Crippen LogP contribution is -2.29. The summed E-state index contributed by atoms with van der Waals surface area (Å²) in [5.74, 6) is -0.222. The molecule has 0 fully saturated rings. The second-order valence-corrected chi connectivity index (χ2v) is 5.91. The van der Waals surface area contributed by atoms with Crippen LogP contribution in [0.15, 0.2) is 21.1 Å². The van der Waals surface area contributed by atoms with Gasteiger partial charge in [0, 0.05) is 23.5 Å². The molecule has 1 aromatic rings. The average molecular weight is 424 g/mol. The van der Waals surface area contributed by atoms with Gasteiger partial charge in [0.1, 0.15) is 5.75 Å². The maximum Gasteiger partial charge on any atom is 0.319 e. The van der Waals surface area contributed by atoms with Gasteiger partial charge in [-0.15, -0.1) is 0 Å². The van der Waals surface area contributed by atoms with E-state index in [1.807, 2.05) is 0 Å². The van der Waals surface area contributed by atoms with Gasteiger partial charge in [0.05, 0.1) is 17.3 Å². The number of hydrogen-bond acceptors (Lipinski definition) is 3. The van der Waals surface area contributed by atoms with E-state index in [0.717, 1.165) is 8.95 Å². The Balaban J connectivity index is 2.46. The number of carbonyl (C=O) groups excluding carboxylic acids is 1. The van der Waals surface area contributed by atoms with Gasteiger partial charge in [0.25, 0.3) is 0 Å². The molecule has 0 saturated heterocycles. The van der Waals surface area contributed by atoms with Crippen molar-refractivity contribution in [2.75, 3.05) is 19.0 Å². The maximum absolute atomic E-state index is 11.7. The van der Waals surface area contributed by atoms with E-state index >= 15 is 0 Å². The quantitative estimate of drug-likeness (QED) is 0.584. The number of methoxy groups -OCH3 is 1. The monoisotopic (exact) mass is 422 g/mol. The van der Waals surface area contributed by atoms with E-state index in [0.29, 0.717) is 30.8 Å². The molecule has 21 heavy (non-hydrogen) atoms. The van der Waals surface area contributed by atoms with Crippen molar-refractivity contribution in [3.05, 3.63) is 21.1 Å². The summed E-state index contributed by atoms with van der Waals surface area (Å²) in [4.78, 5) is 22.1. The summed E-state index contributed by atoms with van der Waals surface area (Å²) in [5, 5.41) is 13.9. The number of ether oxygens (including phenoxy) is 1. The summed E-state index contributed by atoms with van der Waals surface area (Å²) in [6.45, 7) is 0.421. The van der Waals surface area contributed by atoms with Gasteiger partial charge in [0.2, 0.25) is 0 Å². The van der Waals surface area contributed by atoms with Crippen LogP contribution in [0.25, 0.3) is 0 Å². The molecule has 116 valence electrons. The van der Waals surface area contributed by atoms with Crippen LogP contribution in [0.4, 0.5) is 10.5 Å². The van der Waals surface area contributed by atoms with Gasteiger partial charge in [-0.1, -0.05) is 0 Å². The third-order valence-corrected chi connectivity index (χ3v) is 3.87. The molecule has 0 bridgehead atoms. The largest absolute Gasteiger partial charge is 0.495 e. The number of benzene rings is 1. The van der Waals surface area contributed by atoms with Crippen LogP contribution in [-0.4, -0.2) is 30.8 Å². The maximum atomic E-state index is 11.7. The molecule has 1 aromatic carbocycles. The number of aliphatic carboxylic acids is 1. The van der Waals surface area contributed by atoms with Crippen LogP contribution in [-0.2, 0) is 4.79 Å². The number of carboxylic acids is 1. The molecule has 0 aromatic heterocycles.